The quantitative estimate of drug-likeness (QED) is 0.339. The first-order chi connectivity index (χ1) is 20.8. The number of hydrogen-bond donors (Lipinski definition) is 3. The SMILES string of the molecule is C[C@]12CCC(=O)C=C1CC[C@@H]1[C@@H]2C(=O)C[C@@]2(C)[C@H]1CC[C@]2(O)C(=O)COC(=O)CCC(=O)N[C@@H](Cc1ccccc1)C(=O)O. The van der Waals surface area contributed by atoms with E-state index in [-0.39, 0.29) is 66.8 Å². The molecule has 3 N–H and O–H groups in total. The second-order valence-electron chi connectivity index (χ2n) is 13.5. The van der Waals surface area contributed by atoms with Crippen LogP contribution in [0.1, 0.15) is 77.2 Å². The highest BCUT2D eigenvalue weighted by Crippen LogP contribution is 2.66. The first-order valence-corrected chi connectivity index (χ1v) is 15.5. The average molecular weight is 608 g/mol. The number of fused-ring (bicyclic) bond motifs is 5. The molecule has 0 bridgehead atoms. The molecule has 3 saturated carbocycles. The molecule has 1 amide bonds. The van der Waals surface area contributed by atoms with Gasteiger partial charge in [0.2, 0.25) is 11.7 Å². The van der Waals surface area contributed by atoms with Crippen molar-refractivity contribution < 1.29 is 43.7 Å². The van der Waals surface area contributed by atoms with Crippen molar-refractivity contribution in [2.24, 2.45) is 28.6 Å². The number of esters is 1. The van der Waals surface area contributed by atoms with Crippen LogP contribution in [0.4, 0.5) is 0 Å². The van der Waals surface area contributed by atoms with Crippen LogP contribution in [0.2, 0.25) is 0 Å². The molecule has 0 saturated heterocycles. The number of carbonyl (C=O) groups is 6. The Hall–Kier alpha value is -3.66. The number of carboxylic acids is 1. The van der Waals surface area contributed by atoms with Crippen molar-refractivity contribution in [2.75, 3.05) is 6.61 Å². The fourth-order valence-electron chi connectivity index (χ4n) is 8.72. The summed E-state index contributed by atoms with van der Waals surface area (Å²) in [7, 11) is 0. The van der Waals surface area contributed by atoms with Crippen LogP contribution in [-0.4, -0.2) is 63.7 Å². The van der Waals surface area contributed by atoms with Gasteiger partial charge in [-0.3, -0.25) is 24.0 Å². The van der Waals surface area contributed by atoms with E-state index in [1.54, 1.807) is 43.3 Å². The van der Waals surface area contributed by atoms with Gasteiger partial charge in [0, 0.05) is 37.0 Å². The van der Waals surface area contributed by atoms with Crippen molar-refractivity contribution in [1.82, 2.24) is 5.32 Å². The van der Waals surface area contributed by atoms with Gasteiger partial charge in [0.25, 0.3) is 0 Å². The summed E-state index contributed by atoms with van der Waals surface area (Å²) in [5.41, 5.74) is -1.43. The van der Waals surface area contributed by atoms with Crippen LogP contribution in [0.3, 0.4) is 0 Å². The predicted octanol–water partition coefficient (Wildman–Crippen LogP) is 3.13. The van der Waals surface area contributed by atoms with Crippen molar-refractivity contribution in [1.29, 1.82) is 0 Å². The molecule has 3 fully saturated rings. The smallest absolute Gasteiger partial charge is 0.326 e. The number of Topliss-reactive ketones (excluding diaryl/α,β-unsaturated/α-hetero) is 2. The van der Waals surface area contributed by atoms with E-state index in [2.05, 4.69) is 12.2 Å². The highest BCUT2D eigenvalue weighted by atomic mass is 16.5. The lowest BCUT2D eigenvalue weighted by Crippen LogP contribution is -2.61. The molecule has 10 heteroatoms. The number of aliphatic hydroxyl groups is 1. The maximum absolute atomic E-state index is 13.8. The number of allylic oxidation sites excluding steroid dienone is 1. The minimum Gasteiger partial charge on any atom is -0.480 e. The Labute approximate surface area is 256 Å². The van der Waals surface area contributed by atoms with Crippen LogP contribution < -0.4 is 5.32 Å². The summed E-state index contributed by atoms with van der Waals surface area (Å²) in [4.78, 5) is 75.7. The Kier molecular flexibility index (Phi) is 8.68. The number of benzene rings is 1. The Morgan fingerprint density at radius 3 is 2.45 bits per heavy atom. The average Bonchev–Trinajstić information content (AvgIpc) is 3.25. The molecule has 236 valence electrons. The molecule has 0 radical (unpaired) electrons. The standard InChI is InChI=1S/C34H41NO9/c1-32-14-12-22(36)17-21(32)8-9-23-24-13-15-34(43,33(24,2)18-26(37)30(23)32)27(38)19-44-29(40)11-10-28(39)35-25(31(41)42)16-20-6-4-3-5-7-20/h3-7,17,23-25,30,43H,8-16,18-19H2,1-2H3,(H,35,39)(H,41,42)/t23-,24-,25-,30+,32-,33-,34-/m0/s1. The molecule has 0 unspecified atom stereocenters. The van der Waals surface area contributed by atoms with E-state index in [0.29, 0.717) is 19.3 Å². The number of nitrogens with one attached hydrogen (secondary N) is 1. The molecule has 10 nitrogen and oxygen atoms in total. The minimum absolute atomic E-state index is 0.00370. The normalized spacial score (nSPS) is 33.2. The number of carbonyl (C=O) groups excluding carboxylic acids is 5. The maximum Gasteiger partial charge on any atom is 0.326 e. The van der Waals surface area contributed by atoms with Crippen LogP contribution in [0.15, 0.2) is 42.0 Å². The first kappa shape index (κ1) is 31.8. The number of rotatable bonds is 10. The van der Waals surface area contributed by atoms with Gasteiger partial charge >= 0.3 is 11.9 Å². The van der Waals surface area contributed by atoms with E-state index in [1.807, 2.05) is 0 Å². The highest BCUT2D eigenvalue weighted by molar-refractivity contribution is 5.95. The third-order valence-corrected chi connectivity index (χ3v) is 11.1. The lowest BCUT2D eigenvalue weighted by atomic mass is 9.46. The molecule has 4 aliphatic carbocycles. The molecule has 7 atom stereocenters. The molecule has 5 rings (SSSR count). The van der Waals surface area contributed by atoms with E-state index in [4.69, 9.17) is 4.74 Å². The Bertz CT molecular complexity index is 1400. The minimum atomic E-state index is -1.83. The lowest BCUT2D eigenvalue weighted by Gasteiger charge is -2.57. The molecule has 4 aliphatic rings. The van der Waals surface area contributed by atoms with Gasteiger partial charge in [-0.05, 0) is 61.0 Å². The summed E-state index contributed by atoms with van der Waals surface area (Å²) < 4.78 is 5.17. The van der Waals surface area contributed by atoms with E-state index >= 15 is 0 Å². The molecule has 1 aromatic rings. The fourth-order valence-corrected chi connectivity index (χ4v) is 8.72. The molecule has 0 spiro atoms. The molecular formula is C34H41NO9. The van der Waals surface area contributed by atoms with E-state index in [0.717, 1.165) is 24.0 Å². The largest absolute Gasteiger partial charge is 0.480 e. The monoisotopic (exact) mass is 607 g/mol. The van der Waals surface area contributed by atoms with Crippen LogP contribution in [0.25, 0.3) is 0 Å². The van der Waals surface area contributed by atoms with Crippen molar-refractivity contribution in [2.45, 2.75) is 89.7 Å². The summed E-state index contributed by atoms with van der Waals surface area (Å²) in [5, 5.41) is 23.7. The van der Waals surface area contributed by atoms with Gasteiger partial charge in [-0.25, -0.2) is 4.79 Å². The van der Waals surface area contributed by atoms with Gasteiger partial charge in [-0.1, -0.05) is 49.8 Å². The van der Waals surface area contributed by atoms with Gasteiger partial charge in [-0.15, -0.1) is 0 Å². The number of carboxylic acid groups (broad SMARTS) is 1. The van der Waals surface area contributed by atoms with Gasteiger partial charge < -0.3 is 20.3 Å². The summed E-state index contributed by atoms with van der Waals surface area (Å²) in [6.07, 6.45) is 4.39. The van der Waals surface area contributed by atoms with Gasteiger partial charge in [0.15, 0.2) is 12.4 Å². The predicted molar refractivity (Wildman–Crippen MR) is 157 cm³/mol. The highest BCUT2D eigenvalue weighted by Gasteiger charge is 2.68. The van der Waals surface area contributed by atoms with Crippen molar-refractivity contribution >= 4 is 35.2 Å². The van der Waals surface area contributed by atoms with E-state index in [1.165, 1.54) is 0 Å². The molecular weight excluding hydrogens is 566 g/mol. The molecule has 0 heterocycles. The third-order valence-electron chi connectivity index (χ3n) is 11.1. The van der Waals surface area contributed by atoms with Crippen LogP contribution in [0, 0.1) is 28.6 Å². The second kappa shape index (κ2) is 12.0. The summed E-state index contributed by atoms with van der Waals surface area (Å²) in [6.45, 7) is 3.20. The summed E-state index contributed by atoms with van der Waals surface area (Å²) in [5.74, 6) is -3.52. The number of amides is 1. The second-order valence-corrected chi connectivity index (χ2v) is 13.5. The number of aliphatic carboxylic acids is 1. The van der Waals surface area contributed by atoms with Crippen LogP contribution in [0.5, 0.6) is 0 Å². The lowest BCUT2D eigenvalue weighted by molar-refractivity contribution is -0.173. The van der Waals surface area contributed by atoms with Crippen molar-refractivity contribution in [3.63, 3.8) is 0 Å². The summed E-state index contributed by atoms with van der Waals surface area (Å²) >= 11 is 0. The van der Waals surface area contributed by atoms with Crippen molar-refractivity contribution in [3.05, 3.63) is 47.5 Å². The van der Waals surface area contributed by atoms with E-state index in [9.17, 15) is 39.0 Å². The van der Waals surface area contributed by atoms with Gasteiger partial charge in [0.05, 0.1) is 6.42 Å². The molecule has 44 heavy (non-hydrogen) atoms. The van der Waals surface area contributed by atoms with Gasteiger partial charge in [0.1, 0.15) is 17.4 Å². The topological polar surface area (TPSA) is 164 Å². The maximum atomic E-state index is 13.8. The van der Waals surface area contributed by atoms with Crippen molar-refractivity contribution in [3.8, 4) is 0 Å². The van der Waals surface area contributed by atoms with Crippen LogP contribution >= 0.6 is 0 Å². The van der Waals surface area contributed by atoms with Crippen LogP contribution in [-0.2, 0) is 39.9 Å². The number of ketones is 3. The Morgan fingerprint density at radius 2 is 1.75 bits per heavy atom. The molecule has 0 aromatic heterocycles. The molecule has 0 aliphatic heterocycles. The van der Waals surface area contributed by atoms with E-state index < -0.39 is 47.3 Å². The zero-order chi connectivity index (χ0) is 31.9. The Morgan fingerprint density at radius 1 is 1.02 bits per heavy atom. The number of hydrogen-bond acceptors (Lipinski definition) is 8. The zero-order valence-electron chi connectivity index (χ0n) is 25.3. The third kappa shape index (κ3) is 5.64. The molecule has 1 aromatic carbocycles. The van der Waals surface area contributed by atoms with Gasteiger partial charge in [-0.2, -0.15) is 0 Å². The Balaban J connectivity index is 1.16. The first-order valence-electron chi connectivity index (χ1n) is 15.5. The number of ether oxygens (including phenoxy) is 1. The fraction of sp³-hybridized carbons (Fsp3) is 0.588. The summed E-state index contributed by atoms with van der Waals surface area (Å²) in [6, 6.07) is 7.67. The zero-order valence-corrected chi connectivity index (χ0v) is 25.3.